The Bertz CT molecular complexity index is 634. The Labute approximate surface area is 144 Å². The van der Waals surface area contributed by atoms with Gasteiger partial charge in [-0.25, -0.2) is 4.79 Å². The lowest BCUT2D eigenvalue weighted by Crippen LogP contribution is -2.43. The zero-order valence-corrected chi connectivity index (χ0v) is 14.1. The van der Waals surface area contributed by atoms with Gasteiger partial charge in [-0.2, -0.15) is 0 Å². The number of carboxylic acid groups (broad SMARTS) is 1. The van der Waals surface area contributed by atoms with Crippen molar-refractivity contribution in [2.45, 2.75) is 25.3 Å². The molecule has 0 bridgehead atoms. The average molecular weight is 357 g/mol. The number of halogens is 2. The van der Waals surface area contributed by atoms with Gasteiger partial charge in [0.15, 0.2) is 0 Å². The van der Waals surface area contributed by atoms with Gasteiger partial charge in [0.1, 0.15) is 0 Å². The van der Waals surface area contributed by atoms with Crippen LogP contribution in [0, 0.1) is 5.92 Å². The summed E-state index contributed by atoms with van der Waals surface area (Å²) >= 11 is 12.2. The summed E-state index contributed by atoms with van der Waals surface area (Å²) in [6.45, 7) is 1.46. The standard InChI is InChI=1S/C16H18Cl2N2O3/c17-13-3-1-2-12(14(13)18)15(21)20(8-10-4-5-10)11-6-7-19(9-11)16(22)23/h1-3,10-11H,4-9H2,(H,22,23)/t11-/m0/s1. The summed E-state index contributed by atoms with van der Waals surface area (Å²) in [7, 11) is 0. The average Bonchev–Trinajstić information content (AvgIpc) is 3.20. The van der Waals surface area contributed by atoms with Crippen molar-refractivity contribution >= 4 is 35.2 Å². The van der Waals surface area contributed by atoms with E-state index in [4.69, 9.17) is 28.3 Å². The molecule has 0 radical (unpaired) electrons. The zero-order valence-electron chi connectivity index (χ0n) is 12.5. The van der Waals surface area contributed by atoms with Crippen LogP contribution in [-0.2, 0) is 0 Å². The van der Waals surface area contributed by atoms with Crippen molar-refractivity contribution in [2.24, 2.45) is 5.92 Å². The Hall–Kier alpha value is -1.46. The van der Waals surface area contributed by atoms with Crippen LogP contribution in [0.2, 0.25) is 10.0 Å². The number of amides is 2. The Balaban J connectivity index is 1.82. The second kappa shape index (κ2) is 6.57. The minimum Gasteiger partial charge on any atom is -0.465 e. The second-order valence-electron chi connectivity index (χ2n) is 6.17. The highest BCUT2D eigenvalue weighted by molar-refractivity contribution is 6.43. The van der Waals surface area contributed by atoms with Crippen molar-refractivity contribution in [3.05, 3.63) is 33.8 Å². The van der Waals surface area contributed by atoms with Crippen molar-refractivity contribution < 1.29 is 14.7 Å². The minimum absolute atomic E-state index is 0.103. The van der Waals surface area contributed by atoms with E-state index in [0.717, 1.165) is 12.8 Å². The molecule has 0 unspecified atom stereocenters. The van der Waals surface area contributed by atoms with Crippen LogP contribution in [0.3, 0.4) is 0 Å². The predicted octanol–water partition coefficient (Wildman–Crippen LogP) is 3.60. The molecule has 1 saturated carbocycles. The van der Waals surface area contributed by atoms with Crippen LogP contribution < -0.4 is 0 Å². The van der Waals surface area contributed by atoms with Crippen LogP contribution >= 0.6 is 23.2 Å². The molecule has 7 heteroatoms. The van der Waals surface area contributed by atoms with Crippen molar-refractivity contribution in [3.8, 4) is 0 Å². The predicted molar refractivity (Wildman–Crippen MR) is 88.2 cm³/mol. The third-order valence-electron chi connectivity index (χ3n) is 4.47. The molecule has 23 heavy (non-hydrogen) atoms. The molecular weight excluding hydrogens is 339 g/mol. The molecule has 0 spiro atoms. The van der Waals surface area contributed by atoms with Gasteiger partial charge in [-0.15, -0.1) is 0 Å². The highest BCUT2D eigenvalue weighted by Crippen LogP contribution is 2.33. The molecule has 0 aromatic heterocycles. The van der Waals surface area contributed by atoms with E-state index in [1.807, 2.05) is 0 Å². The van der Waals surface area contributed by atoms with E-state index in [-0.39, 0.29) is 17.0 Å². The van der Waals surface area contributed by atoms with E-state index in [9.17, 15) is 9.59 Å². The summed E-state index contributed by atoms with van der Waals surface area (Å²) in [4.78, 5) is 27.2. The molecule has 1 atom stereocenters. The number of benzene rings is 1. The molecule has 1 aromatic rings. The molecule has 1 N–H and O–H groups in total. The number of carbonyl (C=O) groups excluding carboxylic acids is 1. The van der Waals surface area contributed by atoms with Crippen molar-refractivity contribution in [1.29, 1.82) is 0 Å². The number of hydrogen-bond donors (Lipinski definition) is 1. The maximum absolute atomic E-state index is 13.0. The van der Waals surface area contributed by atoms with Gasteiger partial charge in [0, 0.05) is 19.6 Å². The maximum atomic E-state index is 13.0. The second-order valence-corrected chi connectivity index (χ2v) is 6.96. The van der Waals surface area contributed by atoms with Gasteiger partial charge in [0.2, 0.25) is 0 Å². The van der Waals surface area contributed by atoms with Gasteiger partial charge in [0.25, 0.3) is 5.91 Å². The summed E-state index contributed by atoms with van der Waals surface area (Å²) in [6.07, 6.45) is 1.94. The quantitative estimate of drug-likeness (QED) is 0.896. The van der Waals surface area contributed by atoms with Gasteiger partial charge in [-0.3, -0.25) is 4.79 Å². The fourth-order valence-electron chi connectivity index (χ4n) is 2.97. The highest BCUT2D eigenvalue weighted by atomic mass is 35.5. The molecule has 124 valence electrons. The molecule has 1 heterocycles. The third kappa shape index (κ3) is 3.56. The van der Waals surface area contributed by atoms with Gasteiger partial charge < -0.3 is 14.9 Å². The van der Waals surface area contributed by atoms with E-state index in [1.54, 1.807) is 23.1 Å². The highest BCUT2D eigenvalue weighted by Gasteiger charge is 2.37. The van der Waals surface area contributed by atoms with Crippen LogP contribution in [-0.4, -0.2) is 52.6 Å². The smallest absolute Gasteiger partial charge is 0.407 e. The third-order valence-corrected chi connectivity index (χ3v) is 5.29. The topological polar surface area (TPSA) is 60.9 Å². The maximum Gasteiger partial charge on any atom is 0.407 e. The molecule has 2 fully saturated rings. The molecule has 1 aliphatic carbocycles. The van der Waals surface area contributed by atoms with E-state index >= 15 is 0 Å². The van der Waals surface area contributed by atoms with Crippen molar-refractivity contribution in [2.75, 3.05) is 19.6 Å². The molecular formula is C16H18Cl2N2O3. The summed E-state index contributed by atoms with van der Waals surface area (Å²) in [5, 5.41) is 9.73. The van der Waals surface area contributed by atoms with Crippen LogP contribution in [0.25, 0.3) is 0 Å². The fraction of sp³-hybridized carbons (Fsp3) is 0.500. The molecule has 3 rings (SSSR count). The first-order valence-corrected chi connectivity index (χ1v) is 8.46. The lowest BCUT2D eigenvalue weighted by Gasteiger charge is -2.29. The van der Waals surface area contributed by atoms with Crippen molar-refractivity contribution in [3.63, 3.8) is 0 Å². The van der Waals surface area contributed by atoms with E-state index in [2.05, 4.69) is 0 Å². The van der Waals surface area contributed by atoms with Gasteiger partial charge in [-0.05, 0) is 37.3 Å². The summed E-state index contributed by atoms with van der Waals surface area (Å²) in [6, 6.07) is 4.91. The summed E-state index contributed by atoms with van der Waals surface area (Å²) < 4.78 is 0. The first-order chi connectivity index (χ1) is 11.0. The largest absolute Gasteiger partial charge is 0.465 e. The van der Waals surface area contributed by atoms with Crippen LogP contribution in [0.1, 0.15) is 29.6 Å². The SMILES string of the molecule is O=C(O)N1CC[C@H](N(CC2CC2)C(=O)c2cccc(Cl)c2Cl)C1. The molecule has 1 saturated heterocycles. The monoisotopic (exact) mass is 356 g/mol. The molecule has 5 nitrogen and oxygen atoms in total. The number of rotatable bonds is 4. The molecule has 2 aliphatic rings. The van der Waals surface area contributed by atoms with E-state index in [0.29, 0.717) is 42.6 Å². The normalized spacial score (nSPS) is 20.6. The first kappa shape index (κ1) is 16.4. The molecule has 1 aliphatic heterocycles. The Morgan fingerprint density at radius 3 is 2.61 bits per heavy atom. The van der Waals surface area contributed by atoms with E-state index in [1.165, 1.54) is 4.90 Å². The Morgan fingerprint density at radius 1 is 1.26 bits per heavy atom. The molecule has 1 aromatic carbocycles. The zero-order chi connectivity index (χ0) is 16.6. The van der Waals surface area contributed by atoms with E-state index < -0.39 is 6.09 Å². The summed E-state index contributed by atoms with van der Waals surface area (Å²) in [5.74, 6) is 0.345. The van der Waals surface area contributed by atoms with Crippen LogP contribution in [0.4, 0.5) is 4.79 Å². The van der Waals surface area contributed by atoms with Gasteiger partial charge in [-0.1, -0.05) is 29.3 Å². The van der Waals surface area contributed by atoms with Crippen LogP contribution in [0.5, 0.6) is 0 Å². The fourth-order valence-corrected chi connectivity index (χ4v) is 3.35. The number of hydrogen-bond acceptors (Lipinski definition) is 2. The van der Waals surface area contributed by atoms with Gasteiger partial charge in [0.05, 0.1) is 21.7 Å². The number of likely N-dealkylation sites (tertiary alicyclic amines) is 1. The number of nitrogens with zero attached hydrogens (tertiary/aromatic N) is 2. The Kier molecular flexibility index (Phi) is 4.69. The lowest BCUT2D eigenvalue weighted by molar-refractivity contribution is 0.0669. The molecule has 2 amide bonds. The lowest BCUT2D eigenvalue weighted by atomic mass is 10.1. The van der Waals surface area contributed by atoms with Crippen LogP contribution in [0.15, 0.2) is 18.2 Å². The Morgan fingerprint density at radius 2 is 2.00 bits per heavy atom. The first-order valence-electron chi connectivity index (χ1n) is 7.70. The minimum atomic E-state index is -0.938. The van der Waals surface area contributed by atoms with Gasteiger partial charge >= 0.3 is 6.09 Å². The summed E-state index contributed by atoms with van der Waals surface area (Å²) in [5.41, 5.74) is 0.383. The van der Waals surface area contributed by atoms with Crippen molar-refractivity contribution in [1.82, 2.24) is 9.80 Å². The number of carbonyl (C=O) groups is 2.